The highest BCUT2D eigenvalue weighted by atomic mass is 15.2. The summed E-state index contributed by atoms with van der Waals surface area (Å²) in [4.78, 5) is 2.90. The Morgan fingerprint density at radius 2 is 1.64 bits per heavy atom. The SMILES string of the molecule is CCC1(N(CC2CCC2CC(C)C(C)C)c2cc(C)ccc2C)CCCc2cc(C)ccc21. The van der Waals surface area contributed by atoms with Gasteiger partial charge in [0.2, 0.25) is 0 Å². The second-order valence-electron chi connectivity index (χ2n) is 11.9. The normalized spacial score (nSPS) is 25.5. The van der Waals surface area contributed by atoms with Crippen LogP contribution in [0.3, 0.4) is 0 Å². The lowest BCUT2D eigenvalue weighted by molar-refractivity contribution is 0.126. The molecule has 1 heteroatoms. The first-order valence-electron chi connectivity index (χ1n) is 13.7. The Kier molecular flexibility index (Phi) is 7.27. The summed E-state index contributed by atoms with van der Waals surface area (Å²) in [5.41, 5.74) is 9.01. The molecule has 2 aromatic carbocycles. The highest BCUT2D eigenvalue weighted by Crippen LogP contribution is 2.49. The van der Waals surface area contributed by atoms with Crippen molar-refractivity contribution in [3.8, 4) is 0 Å². The van der Waals surface area contributed by atoms with Crippen LogP contribution in [0.15, 0.2) is 36.4 Å². The Bertz CT molecular complexity index is 957. The molecule has 0 spiro atoms. The van der Waals surface area contributed by atoms with Crippen molar-refractivity contribution in [1.82, 2.24) is 0 Å². The van der Waals surface area contributed by atoms with Crippen molar-refractivity contribution in [2.75, 3.05) is 11.4 Å². The summed E-state index contributed by atoms with van der Waals surface area (Å²) in [5.74, 6) is 3.33. The van der Waals surface area contributed by atoms with Gasteiger partial charge in [0.25, 0.3) is 0 Å². The first kappa shape index (κ1) is 24.4. The number of benzene rings is 2. The van der Waals surface area contributed by atoms with Crippen LogP contribution in [0.4, 0.5) is 5.69 Å². The minimum atomic E-state index is 0.115. The first-order chi connectivity index (χ1) is 15.7. The van der Waals surface area contributed by atoms with Crippen molar-refractivity contribution >= 4 is 5.69 Å². The van der Waals surface area contributed by atoms with Gasteiger partial charge in [-0.1, -0.05) is 63.6 Å². The van der Waals surface area contributed by atoms with Crippen molar-refractivity contribution < 1.29 is 0 Å². The first-order valence-corrected chi connectivity index (χ1v) is 13.7. The highest BCUT2D eigenvalue weighted by Gasteiger charge is 2.44. The summed E-state index contributed by atoms with van der Waals surface area (Å²) in [7, 11) is 0. The summed E-state index contributed by atoms with van der Waals surface area (Å²) in [6.07, 6.45) is 9.21. The molecule has 0 radical (unpaired) electrons. The lowest BCUT2D eigenvalue weighted by Crippen LogP contribution is -2.52. The maximum Gasteiger partial charge on any atom is 0.0654 e. The molecule has 0 aliphatic heterocycles. The number of fused-ring (bicyclic) bond motifs is 1. The summed E-state index contributed by atoms with van der Waals surface area (Å²) in [6.45, 7) is 17.7. The molecule has 1 nitrogen and oxygen atoms in total. The van der Waals surface area contributed by atoms with Crippen molar-refractivity contribution in [1.29, 1.82) is 0 Å². The largest absolute Gasteiger partial charge is 0.361 e. The monoisotopic (exact) mass is 445 g/mol. The van der Waals surface area contributed by atoms with E-state index in [0.29, 0.717) is 0 Å². The Morgan fingerprint density at radius 3 is 2.30 bits per heavy atom. The number of aryl methyl sites for hydroxylation is 4. The van der Waals surface area contributed by atoms with E-state index in [1.165, 1.54) is 73.9 Å². The molecule has 33 heavy (non-hydrogen) atoms. The molecule has 4 atom stereocenters. The van der Waals surface area contributed by atoms with Crippen LogP contribution in [0, 0.1) is 44.4 Å². The summed E-state index contributed by atoms with van der Waals surface area (Å²) in [6, 6.07) is 14.4. The zero-order chi connectivity index (χ0) is 23.8. The number of hydrogen-bond donors (Lipinski definition) is 0. The lowest BCUT2D eigenvalue weighted by atomic mass is 9.67. The Balaban J connectivity index is 1.75. The van der Waals surface area contributed by atoms with Gasteiger partial charge in [-0.15, -0.1) is 0 Å². The molecule has 4 rings (SSSR count). The van der Waals surface area contributed by atoms with Crippen molar-refractivity contribution in [3.63, 3.8) is 0 Å². The maximum atomic E-state index is 2.90. The van der Waals surface area contributed by atoms with Gasteiger partial charge >= 0.3 is 0 Å². The quantitative estimate of drug-likeness (QED) is 0.392. The van der Waals surface area contributed by atoms with Gasteiger partial charge < -0.3 is 4.90 Å². The third-order valence-corrected chi connectivity index (χ3v) is 9.36. The predicted molar refractivity (Wildman–Crippen MR) is 144 cm³/mol. The van der Waals surface area contributed by atoms with Gasteiger partial charge in [0.05, 0.1) is 5.54 Å². The third kappa shape index (κ3) is 4.75. The number of rotatable bonds is 8. The van der Waals surface area contributed by atoms with Crippen LogP contribution in [0.2, 0.25) is 0 Å². The zero-order valence-electron chi connectivity index (χ0n) is 22.4. The molecule has 0 N–H and O–H groups in total. The molecule has 1 saturated carbocycles. The molecule has 4 unspecified atom stereocenters. The minimum absolute atomic E-state index is 0.115. The predicted octanol–water partition coefficient (Wildman–Crippen LogP) is 8.77. The van der Waals surface area contributed by atoms with Crippen LogP contribution < -0.4 is 4.90 Å². The van der Waals surface area contributed by atoms with Gasteiger partial charge in [0, 0.05) is 12.2 Å². The molecule has 2 aliphatic carbocycles. The Hall–Kier alpha value is -1.76. The van der Waals surface area contributed by atoms with Crippen LogP contribution in [-0.4, -0.2) is 6.54 Å². The van der Waals surface area contributed by atoms with Crippen molar-refractivity contribution in [2.45, 2.75) is 99.0 Å². The summed E-state index contributed by atoms with van der Waals surface area (Å²) < 4.78 is 0. The molecule has 2 aliphatic rings. The fourth-order valence-corrected chi connectivity index (χ4v) is 6.61. The van der Waals surface area contributed by atoms with Gasteiger partial charge in [0.15, 0.2) is 0 Å². The zero-order valence-corrected chi connectivity index (χ0v) is 22.4. The van der Waals surface area contributed by atoms with E-state index in [0.717, 1.165) is 23.7 Å². The fraction of sp³-hybridized carbons (Fsp3) is 0.625. The van der Waals surface area contributed by atoms with E-state index >= 15 is 0 Å². The molecule has 2 aromatic rings. The van der Waals surface area contributed by atoms with Crippen molar-refractivity contribution in [2.24, 2.45) is 23.7 Å². The lowest BCUT2D eigenvalue weighted by Gasteiger charge is -2.53. The number of hydrogen-bond acceptors (Lipinski definition) is 1. The summed E-state index contributed by atoms with van der Waals surface area (Å²) in [5, 5.41) is 0. The molecule has 0 amide bonds. The molecule has 180 valence electrons. The smallest absolute Gasteiger partial charge is 0.0654 e. The van der Waals surface area contributed by atoms with Crippen LogP contribution in [0.5, 0.6) is 0 Å². The number of nitrogens with zero attached hydrogens (tertiary/aromatic N) is 1. The second kappa shape index (κ2) is 9.85. The molecule has 0 aromatic heterocycles. The van der Waals surface area contributed by atoms with E-state index in [2.05, 4.69) is 89.8 Å². The minimum Gasteiger partial charge on any atom is -0.361 e. The average molecular weight is 446 g/mol. The molecular formula is C32H47N. The fourth-order valence-electron chi connectivity index (χ4n) is 6.61. The third-order valence-electron chi connectivity index (χ3n) is 9.36. The molecule has 0 bridgehead atoms. The van der Waals surface area contributed by atoms with Crippen molar-refractivity contribution in [3.05, 3.63) is 64.2 Å². The van der Waals surface area contributed by atoms with Crippen LogP contribution in [0.1, 0.15) is 94.0 Å². The van der Waals surface area contributed by atoms with Gasteiger partial charge in [-0.05, 0) is 118 Å². The van der Waals surface area contributed by atoms with E-state index in [1.54, 1.807) is 11.1 Å². The second-order valence-corrected chi connectivity index (χ2v) is 11.9. The molecule has 0 heterocycles. The van der Waals surface area contributed by atoms with Gasteiger partial charge in [-0.3, -0.25) is 0 Å². The summed E-state index contributed by atoms with van der Waals surface area (Å²) >= 11 is 0. The van der Waals surface area contributed by atoms with Crippen LogP contribution in [-0.2, 0) is 12.0 Å². The Morgan fingerprint density at radius 1 is 0.939 bits per heavy atom. The van der Waals surface area contributed by atoms with Gasteiger partial charge in [-0.2, -0.15) is 0 Å². The molecule has 1 fully saturated rings. The average Bonchev–Trinajstić information content (AvgIpc) is 2.78. The van der Waals surface area contributed by atoms with Crippen LogP contribution >= 0.6 is 0 Å². The van der Waals surface area contributed by atoms with Gasteiger partial charge in [0.1, 0.15) is 0 Å². The topological polar surface area (TPSA) is 3.24 Å². The number of anilines is 1. The van der Waals surface area contributed by atoms with Crippen LogP contribution in [0.25, 0.3) is 0 Å². The molecule has 0 saturated heterocycles. The van der Waals surface area contributed by atoms with E-state index in [4.69, 9.17) is 0 Å². The highest BCUT2D eigenvalue weighted by molar-refractivity contribution is 5.60. The van der Waals surface area contributed by atoms with E-state index < -0.39 is 0 Å². The Labute approximate surface area is 204 Å². The van der Waals surface area contributed by atoms with E-state index in [1.807, 2.05) is 0 Å². The molecular weight excluding hydrogens is 398 g/mol. The van der Waals surface area contributed by atoms with E-state index in [9.17, 15) is 0 Å². The van der Waals surface area contributed by atoms with Gasteiger partial charge in [-0.25, -0.2) is 0 Å². The van der Waals surface area contributed by atoms with E-state index in [-0.39, 0.29) is 5.54 Å². The standard InChI is InChI=1S/C32H47N/c1-8-32(17-9-10-28-18-23(4)12-16-30(28)32)33(31-19-24(5)11-13-25(31)6)21-29-15-14-27(29)20-26(7)22(2)3/h11-13,16,18-19,22,26-27,29H,8-10,14-15,17,20-21H2,1-7H3. The maximum absolute atomic E-state index is 2.90.